The summed E-state index contributed by atoms with van der Waals surface area (Å²) in [6.45, 7) is 8.96. The van der Waals surface area contributed by atoms with E-state index in [-0.39, 0.29) is 0 Å². The van der Waals surface area contributed by atoms with E-state index in [1.54, 1.807) is 0 Å². The molecular weight excluding hydrogens is 302 g/mol. The van der Waals surface area contributed by atoms with Crippen LogP contribution in [0.2, 0.25) is 0 Å². The third kappa shape index (κ3) is 3.51. The summed E-state index contributed by atoms with van der Waals surface area (Å²) in [4.78, 5) is 0. The number of hydrogen-bond donors (Lipinski definition) is 0. The van der Waals surface area contributed by atoms with Crippen LogP contribution in [0.25, 0.3) is 17.2 Å². The second-order valence-electron chi connectivity index (χ2n) is 7.52. The van der Waals surface area contributed by atoms with E-state index in [1.165, 1.54) is 44.7 Å². The Morgan fingerprint density at radius 3 is 2.16 bits per heavy atom. The number of nitrogens with zero attached hydrogens (tertiary/aromatic N) is 1. The van der Waals surface area contributed by atoms with E-state index in [9.17, 15) is 0 Å². The summed E-state index contributed by atoms with van der Waals surface area (Å²) in [5.41, 5.74) is 10.6. The first-order valence-electron chi connectivity index (χ1n) is 9.03. The van der Waals surface area contributed by atoms with Gasteiger partial charge in [-0.2, -0.15) is 0 Å². The summed E-state index contributed by atoms with van der Waals surface area (Å²) in [6, 6.07) is 9.23. The maximum absolute atomic E-state index is 2.37. The number of allylic oxidation sites excluding steroid dienone is 5. The Kier molecular flexibility index (Phi) is 4.76. The summed E-state index contributed by atoms with van der Waals surface area (Å²) in [7, 11) is 4.14. The van der Waals surface area contributed by atoms with E-state index in [2.05, 4.69) is 101 Å². The highest BCUT2D eigenvalue weighted by Crippen LogP contribution is 2.37. The summed E-state index contributed by atoms with van der Waals surface area (Å²) >= 11 is 0. The third-order valence-corrected chi connectivity index (χ3v) is 4.98. The number of aryl methyl sites for hydroxylation is 2. The first kappa shape index (κ1) is 17.4. The lowest BCUT2D eigenvalue weighted by atomic mass is 9.99. The van der Waals surface area contributed by atoms with Crippen molar-refractivity contribution in [1.82, 2.24) is 0 Å². The van der Waals surface area contributed by atoms with Crippen molar-refractivity contribution < 1.29 is 4.58 Å². The SMILES string of the molecule is Cc1cc(C=C2C=CC(=[N+](C)C)C=C2)c2c(C)ccc(C(C)C)cc1-2. The molecule has 0 heterocycles. The first-order chi connectivity index (χ1) is 11.9. The molecule has 3 aliphatic carbocycles. The van der Waals surface area contributed by atoms with Crippen LogP contribution in [0, 0.1) is 13.8 Å². The van der Waals surface area contributed by atoms with Crippen molar-refractivity contribution >= 4 is 11.8 Å². The van der Waals surface area contributed by atoms with E-state index in [4.69, 9.17) is 0 Å². The lowest BCUT2D eigenvalue weighted by molar-refractivity contribution is -0.462. The smallest absolute Gasteiger partial charge is 0.199 e. The molecule has 0 atom stereocenters. The minimum absolute atomic E-state index is 0.537. The maximum atomic E-state index is 2.37. The molecule has 0 aromatic rings. The summed E-state index contributed by atoms with van der Waals surface area (Å²) < 4.78 is 2.13. The quantitative estimate of drug-likeness (QED) is 0.616. The van der Waals surface area contributed by atoms with Crippen molar-refractivity contribution in [1.29, 1.82) is 0 Å². The minimum Gasteiger partial charge on any atom is -0.235 e. The highest BCUT2D eigenvalue weighted by molar-refractivity contribution is 6.03. The van der Waals surface area contributed by atoms with E-state index < -0.39 is 0 Å². The van der Waals surface area contributed by atoms with Crippen LogP contribution < -0.4 is 0 Å². The number of hydrogen-bond acceptors (Lipinski definition) is 0. The van der Waals surface area contributed by atoms with Gasteiger partial charge in [0.2, 0.25) is 0 Å². The Labute approximate surface area is 152 Å². The summed E-state index contributed by atoms with van der Waals surface area (Å²) in [5.74, 6) is 0.537. The molecule has 0 aromatic heterocycles. The van der Waals surface area contributed by atoms with Gasteiger partial charge in [-0.1, -0.05) is 38.1 Å². The van der Waals surface area contributed by atoms with Gasteiger partial charge >= 0.3 is 0 Å². The van der Waals surface area contributed by atoms with Gasteiger partial charge in [-0.3, -0.25) is 0 Å². The van der Waals surface area contributed by atoms with Crippen molar-refractivity contribution in [2.45, 2.75) is 33.6 Å². The second-order valence-corrected chi connectivity index (χ2v) is 7.52. The Morgan fingerprint density at radius 2 is 1.56 bits per heavy atom. The molecule has 0 radical (unpaired) electrons. The fraction of sp³-hybridized carbons (Fsp3) is 0.292. The molecule has 1 nitrogen and oxygen atoms in total. The van der Waals surface area contributed by atoms with Gasteiger partial charge in [0.25, 0.3) is 0 Å². The fourth-order valence-electron chi connectivity index (χ4n) is 3.40. The average Bonchev–Trinajstić information content (AvgIpc) is 2.75. The van der Waals surface area contributed by atoms with E-state index in [0.717, 1.165) is 0 Å². The average molecular weight is 330 g/mol. The molecule has 0 saturated heterocycles. The second kappa shape index (κ2) is 6.84. The van der Waals surface area contributed by atoms with Crippen LogP contribution >= 0.6 is 0 Å². The van der Waals surface area contributed by atoms with E-state index >= 15 is 0 Å². The summed E-state index contributed by atoms with van der Waals surface area (Å²) in [6.07, 6.45) is 11.0. The van der Waals surface area contributed by atoms with Crippen LogP contribution in [0.4, 0.5) is 0 Å². The molecule has 0 aromatic carbocycles. The largest absolute Gasteiger partial charge is 0.235 e. The summed E-state index contributed by atoms with van der Waals surface area (Å²) in [5, 5.41) is 0. The number of fused-ring (bicyclic) bond motifs is 1. The topological polar surface area (TPSA) is 3.01 Å². The van der Waals surface area contributed by atoms with Gasteiger partial charge in [-0.05, 0) is 76.9 Å². The molecular formula is C24H28N+. The normalized spacial score (nSPS) is 13.9. The van der Waals surface area contributed by atoms with Gasteiger partial charge in [-0.25, -0.2) is 4.58 Å². The zero-order valence-electron chi connectivity index (χ0n) is 16.2. The van der Waals surface area contributed by atoms with Crippen molar-refractivity contribution in [3.8, 4) is 11.1 Å². The van der Waals surface area contributed by atoms with Crippen LogP contribution in [-0.2, 0) is 0 Å². The van der Waals surface area contributed by atoms with Crippen molar-refractivity contribution in [3.05, 3.63) is 76.4 Å². The predicted octanol–water partition coefficient (Wildman–Crippen LogP) is 5.75. The molecule has 0 fully saturated rings. The Bertz CT molecular complexity index is 882. The fourth-order valence-corrected chi connectivity index (χ4v) is 3.40. The molecule has 0 bridgehead atoms. The van der Waals surface area contributed by atoms with Crippen LogP contribution in [0.3, 0.4) is 0 Å². The Morgan fingerprint density at radius 1 is 0.880 bits per heavy atom. The van der Waals surface area contributed by atoms with Crippen molar-refractivity contribution in [2.75, 3.05) is 14.1 Å². The molecule has 0 saturated carbocycles. The molecule has 128 valence electrons. The number of rotatable bonds is 2. The van der Waals surface area contributed by atoms with Gasteiger partial charge in [-0.15, -0.1) is 0 Å². The minimum atomic E-state index is 0.537. The van der Waals surface area contributed by atoms with Crippen LogP contribution in [0.1, 0.15) is 42.0 Å². The van der Waals surface area contributed by atoms with Gasteiger partial charge in [0.15, 0.2) is 5.71 Å². The van der Waals surface area contributed by atoms with E-state index in [0.29, 0.717) is 5.92 Å². The highest BCUT2D eigenvalue weighted by Gasteiger charge is 2.15. The predicted molar refractivity (Wildman–Crippen MR) is 110 cm³/mol. The Hall–Kier alpha value is -2.41. The molecule has 3 aliphatic rings. The zero-order valence-corrected chi connectivity index (χ0v) is 16.2. The molecule has 0 unspecified atom stereocenters. The van der Waals surface area contributed by atoms with Crippen molar-refractivity contribution in [3.63, 3.8) is 0 Å². The maximum Gasteiger partial charge on any atom is 0.199 e. The third-order valence-electron chi connectivity index (χ3n) is 4.98. The molecule has 0 amide bonds. The van der Waals surface area contributed by atoms with Gasteiger partial charge in [0, 0.05) is 12.2 Å². The monoisotopic (exact) mass is 330 g/mol. The van der Waals surface area contributed by atoms with E-state index in [1.807, 2.05) is 0 Å². The standard InChI is InChI=1S/C24H28N/c1-16(2)20-10-7-17(3)24-21(13-18(4)23(24)15-20)14-19-8-11-22(12-9-19)25(5)6/h7-16H,1-6H3/q+1. The molecule has 0 aliphatic heterocycles. The Balaban J connectivity index is 2.09. The van der Waals surface area contributed by atoms with Crippen LogP contribution in [-0.4, -0.2) is 24.4 Å². The first-order valence-corrected chi connectivity index (χ1v) is 9.03. The molecule has 25 heavy (non-hydrogen) atoms. The van der Waals surface area contributed by atoms with Crippen molar-refractivity contribution in [2.24, 2.45) is 0 Å². The lowest BCUT2D eigenvalue weighted by Gasteiger charge is -2.05. The highest BCUT2D eigenvalue weighted by atomic mass is 14.9. The lowest BCUT2D eigenvalue weighted by Crippen LogP contribution is -2.09. The van der Waals surface area contributed by atoms with Gasteiger partial charge in [0.05, 0.1) is 0 Å². The molecule has 1 heteroatoms. The van der Waals surface area contributed by atoms with Crippen LogP contribution in [0.5, 0.6) is 0 Å². The molecule has 0 spiro atoms. The molecule has 3 rings (SSSR count). The van der Waals surface area contributed by atoms with Gasteiger partial charge < -0.3 is 0 Å². The molecule has 0 N–H and O–H groups in total. The zero-order chi connectivity index (χ0) is 18.1. The van der Waals surface area contributed by atoms with Crippen LogP contribution in [0.15, 0.2) is 54.1 Å². The van der Waals surface area contributed by atoms with Gasteiger partial charge in [0.1, 0.15) is 14.1 Å².